The third kappa shape index (κ3) is 5.16. The summed E-state index contributed by atoms with van der Waals surface area (Å²) in [6.07, 6.45) is -2.49. The van der Waals surface area contributed by atoms with E-state index in [1.807, 2.05) is 0 Å². The summed E-state index contributed by atoms with van der Waals surface area (Å²) in [6, 6.07) is 4.53. The van der Waals surface area contributed by atoms with Gasteiger partial charge in [0.25, 0.3) is 0 Å². The number of thiazole rings is 1. The van der Waals surface area contributed by atoms with Crippen molar-refractivity contribution < 1.29 is 23.1 Å². The minimum atomic E-state index is -4.34. The number of β-amino-alcohol motifs (C(OH)–C–C–N with tert-alkyl or cyclic N) is 1. The molecule has 0 aliphatic carbocycles. The number of aliphatic hydroxyl groups excluding tert-OH is 1. The summed E-state index contributed by atoms with van der Waals surface area (Å²) in [6.45, 7) is 0.384. The number of aromatic nitrogens is 1. The molecular weight excluding hydrogens is 391 g/mol. The zero-order chi connectivity index (χ0) is 18.0. The van der Waals surface area contributed by atoms with E-state index >= 15 is 0 Å². The van der Waals surface area contributed by atoms with Crippen LogP contribution >= 0.6 is 23.7 Å². The van der Waals surface area contributed by atoms with Crippen LogP contribution in [0.25, 0.3) is 0 Å². The van der Waals surface area contributed by atoms with E-state index in [4.69, 9.17) is 0 Å². The van der Waals surface area contributed by atoms with Gasteiger partial charge in [0.05, 0.1) is 17.7 Å². The van der Waals surface area contributed by atoms with E-state index < -0.39 is 23.9 Å². The predicted molar refractivity (Wildman–Crippen MR) is 94.7 cm³/mol. The maximum Gasteiger partial charge on any atom is 0.416 e. The smallest absolute Gasteiger partial charge is 0.392 e. The first-order chi connectivity index (χ1) is 11.8. The van der Waals surface area contributed by atoms with Gasteiger partial charge < -0.3 is 15.7 Å². The number of anilines is 1. The van der Waals surface area contributed by atoms with Gasteiger partial charge in [0.2, 0.25) is 5.91 Å². The lowest BCUT2D eigenvalue weighted by molar-refractivity contribution is -0.137. The van der Waals surface area contributed by atoms with E-state index in [2.05, 4.69) is 15.6 Å². The quantitative estimate of drug-likeness (QED) is 0.728. The zero-order valence-electron chi connectivity index (χ0n) is 13.4. The first-order valence-electron chi connectivity index (χ1n) is 7.64. The van der Waals surface area contributed by atoms with Gasteiger partial charge in [-0.3, -0.25) is 4.79 Å². The Morgan fingerprint density at radius 2 is 2.04 bits per heavy atom. The molecule has 1 aliphatic rings. The summed E-state index contributed by atoms with van der Waals surface area (Å²) < 4.78 is 37.7. The van der Waals surface area contributed by atoms with Crippen molar-refractivity contribution in [2.24, 2.45) is 0 Å². The third-order valence-electron chi connectivity index (χ3n) is 3.87. The largest absolute Gasteiger partial charge is 0.416 e. The van der Waals surface area contributed by atoms with Crippen molar-refractivity contribution in [3.05, 3.63) is 46.5 Å². The molecule has 2 aromatic rings. The van der Waals surface area contributed by atoms with Gasteiger partial charge in [-0.25, -0.2) is 4.98 Å². The van der Waals surface area contributed by atoms with Gasteiger partial charge in [-0.1, -0.05) is 12.1 Å². The number of hydrogen-bond acceptors (Lipinski definition) is 5. The van der Waals surface area contributed by atoms with Gasteiger partial charge in [-0.05, 0) is 24.1 Å². The minimum absolute atomic E-state index is 0. The molecule has 0 saturated carbocycles. The Hall–Kier alpha value is -1.68. The molecule has 5 nitrogen and oxygen atoms in total. The van der Waals surface area contributed by atoms with Crippen LogP contribution in [0.4, 0.5) is 18.3 Å². The van der Waals surface area contributed by atoms with E-state index in [0.29, 0.717) is 24.5 Å². The fraction of sp³-hybridized carbons (Fsp3) is 0.375. The van der Waals surface area contributed by atoms with Crippen LogP contribution in [0.1, 0.15) is 22.4 Å². The Balaban J connectivity index is 0.00000243. The molecular formula is C16H17ClF3N3O2S. The third-order valence-corrected chi connectivity index (χ3v) is 4.78. The first-order valence-corrected chi connectivity index (χ1v) is 8.46. The Kier molecular flexibility index (Phi) is 6.62. The fourth-order valence-corrected chi connectivity index (χ4v) is 3.42. The molecule has 2 unspecified atom stereocenters. The fourth-order valence-electron chi connectivity index (χ4n) is 2.57. The molecule has 1 aliphatic heterocycles. The SMILES string of the molecule is Cl.O=C(Nc1ncc(Cc2ccc(C(F)(F)F)cc2)s1)C1CC(O)CN1. The average molecular weight is 408 g/mol. The molecule has 1 fully saturated rings. The number of carbonyl (C=O) groups is 1. The molecule has 0 radical (unpaired) electrons. The molecule has 3 N–H and O–H groups in total. The van der Waals surface area contributed by atoms with Gasteiger partial charge in [-0.2, -0.15) is 13.2 Å². The highest BCUT2D eigenvalue weighted by molar-refractivity contribution is 7.15. The zero-order valence-corrected chi connectivity index (χ0v) is 15.0. The highest BCUT2D eigenvalue weighted by atomic mass is 35.5. The molecule has 1 saturated heterocycles. The molecule has 0 spiro atoms. The maximum absolute atomic E-state index is 12.6. The Morgan fingerprint density at radius 1 is 1.35 bits per heavy atom. The van der Waals surface area contributed by atoms with Crippen molar-refractivity contribution in [3.63, 3.8) is 0 Å². The number of nitrogens with one attached hydrogen (secondary N) is 2. The van der Waals surface area contributed by atoms with Gasteiger partial charge in [-0.15, -0.1) is 23.7 Å². The van der Waals surface area contributed by atoms with Crippen molar-refractivity contribution in [2.45, 2.75) is 31.2 Å². The second-order valence-corrected chi connectivity index (χ2v) is 6.96. The Bertz CT molecular complexity index is 752. The molecule has 0 bridgehead atoms. The summed E-state index contributed by atoms with van der Waals surface area (Å²) in [5, 5.41) is 15.5. The summed E-state index contributed by atoms with van der Waals surface area (Å²) in [5.41, 5.74) is 0.0508. The number of hydrogen-bond donors (Lipinski definition) is 3. The van der Waals surface area contributed by atoms with Gasteiger partial charge in [0.15, 0.2) is 5.13 Å². The van der Waals surface area contributed by atoms with E-state index in [1.54, 1.807) is 6.20 Å². The molecule has 10 heteroatoms. The van der Waals surface area contributed by atoms with Crippen LogP contribution in [-0.2, 0) is 17.4 Å². The maximum atomic E-state index is 12.6. The number of benzene rings is 1. The van der Waals surface area contributed by atoms with E-state index in [0.717, 1.165) is 22.6 Å². The molecule has 1 amide bonds. The highest BCUT2D eigenvalue weighted by Gasteiger charge is 2.30. The van der Waals surface area contributed by atoms with Gasteiger partial charge in [0.1, 0.15) is 0 Å². The van der Waals surface area contributed by atoms with Crippen LogP contribution in [0.15, 0.2) is 30.5 Å². The van der Waals surface area contributed by atoms with Crippen molar-refractivity contribution in [2.75, 3.05) is 11.9 Å². The Morgan fingerprint density at radius 3 is 2.62 bits per heavy atom. The molecule has 142 valence electrons. The summed E-state index contributed by atoms with van der Waals surface area (Å²) in [5.74, 6) is -0.257. The molecule has 2 heterocycles. The summed E-state index contributed by atoms with van der Waals surface area (Å²) >= 11 is 1.27. The monoisotopic (exact) mass is 407 g/mol. The van der Waals surface area contributed by atoms with Crippen LogP contribution in [0, 0.1) is 0 Å². The van der Waals surface area contributed by atoms with Crippen LogP contribution in [0.5, 0.6) is 0 Å². The van der Waals surface area contributed by atoms with Gasteiger partial charge in [0, 0.05) is 24.0 Å². The van der Waals surface area contributed by atoms with Crippen LogP contribution in [0.2, 0.25) is 0 Å². The van der Waals surface area contributed by atoms with E-state index in [9.17, 15) is 23.1 Å². The lowest BCUT2D eigenvalue weighted by atomic mass is 10.1. The molecule has 3 rings (SSSR count). The number of amides is 1. The number of halogens is 4. The molecule has 26 heavy (non-hydrogen) atoms. The van der Waals surface area contributed by atoms with Crippen molar-refractivity contribution >= 4 is 34.8 Å². The number of rotatable bonds is 4. The highest BCUT2D eigenvalue weighted by Crippen LogP contribution is 2.30. The number of carbonyl (C=O) groups excluding carboxylic acids is 1. The number of nitrogens with zero attached hydrogens (tertiary/aromatic N) is 1. The number of aliphatic hydroxyl groups is 1. The Labute approximate surface area is 158 Å². The predicted octanol–water partition coefficient (Wildman–Crippen LogP) is 2.84. The first kappa shape index (κ1) is 20.6. The van der Waals surface area contributed by atoms with Crippen molar-refractivity contribution in [1.82, 2.24) is 10.3 Å². The van der Waals surface area contributed by atoms with Gasteiger partial charge >= 0.3 is 6.18 Å². The average Bonchev–Trinajstić information content (AvgIpc) is 3.16. The molecule has 1 aromatic heterocycles. The van der Waals surface area contributed by atoms with E-state index in [1.165, 1.54) is 23.5 Å². The van der Waals surface area contributed by atoms with E-state index in [-0.39, 0.29) is 18.3 Å². The molecule has 2 atom stereocenters. The topological polar surface area (TPSA) is 74.2 Å². The summed E-state index contributed by atoms with van der Waals surface area (Å²) in [7, 11) is 0. The molecule has 1 aromatic carbocycles. The lowest BCUT2D eigenvalue weighted by Crippen LogP contribution is -2.35. The van der Waals surface area contributed by atoms with Crippen LogP contribution in [0.3, 0.4) is 0 Å². The second-order valence-electron chi connectivity index (χ2n) is 5.84. The van der Waals surface area contributed by atoms with Crippen LogP contribution in [-0.4, -0.2) is 34.7 Å². The lowest BCUT2D eigenvalue weighted by Gasteiger charge is -2.08. The number of alkyl halides is 3. The minimum Gasteiger partial charge on any atom is -0.392 e. The van der Waals surface area contributed by atoms with Crippen LogP contribution < -0.4 is 10.6 Å². The standard InChI is InChI=1S/C16H16F3N3O2S.ClH/c17-16(18,19)10-3-1-9(2-4-10)5-12-8-21-15(25-12)22-14(24)13-6-11(23)7-20-13;/h1-4,8,11,13,20,23H,5-7H2,(H,21,22,24);1H. The summed E-state index contributed by atoms with van der Waals surface area (Å²) in [4.78, 5) is 17.0. The van der Waals surface area contributed by atoms with Crippen molar-refractivity contribution in [3.8, 4) is 0 Å². The van der Waals surface area contributed by atoms with Crippen molar-refractivity contribution in [1.29, 1.82) is 0 Å². The second kappa shape index (κ2) is 8.34. The normalized spacial score (nSPS) is 19.8.